The number of halogens is 2. The number of rotatable bonds is 13. The van der Waals surface area contributed by atoms with Crippen molar-refractivity contribution >= 4 is 36.6 Å². The van der Waals surface area contributed by atoms with Crippen molar-refractivity contribution in [2.45, 2.75) is 63.0 Å². The lowest BCUT2D eigenvalue weighted by Crippen LogP contribution is -2.47. The van der Waals surface area contributed by atoms with E-state index in [-0.39, 0.29) is 30.9 Å². The molecule has 6 rings (SSSR count). The first kappa shape index (κ1) is 39.5. The molecule has 0 amide bonds. The molecule has 0 radical (unpaired) electrons. The Kier molecular flexibility index (Phi) is 14.7. The van der Waals surface area contributed by atoms with Crippen LogP contribution in [0.2, 0.25) is 0 Å². The molecule has 3 aromatic rings. The van der Waals surface area contributed by atoms with Gasteiger partial charge in [0.25, 0.3) is 0 Å². The number of nitrogens with zero attached hydrogens (tertiary/aromatic N) is 2. The minimum absolute atomic E-state index is 0. The highest BCUT2D eigenvalue weighted by Gasteiger charge is 2.41. The molecule has 0 aliphatic carbocycles. The number of thioether (sulfide) groups is 1. The summed E-state index contributed by atoms with van der Waals surface area (Å²) in [4.78, 5) is 5.27. The molecule has 49 heavy (non-hydrogen) atoms. The quantitative estimate of drug-likeness (QED) is 0.191. The molecule has 0 aromatic heterocycles. The van der Waals surface area contributed by atoms with Crippen LogP contribution in [0.15, 0.2) is 54.6 Å². The Hall–Kier alpha value is -2.33. The van der Waals surface area contributed by atoms with Crippen molar-refractivity contribution in [1.29, 1.82) is 0 Å². The third-order valence-corrected chi connectivity index (χ3v) is 12.0. The molecule has 5 atom stereocenters. The van der Waals surface area contributed by atoms with E-state index in [1.807, 2.05) is 11.8 Å². The Labute approximate surface area is 309 Å². The van der Waals surface area contributed by atoms with Crippen molar-refractivity contribution in [2.24, 2.45) is 11.8 Å². The third-order valence-electron chi connectivity index (χ3n) is 10.8. The van der Waals surface area contributed by atoms with Gasteiger partial charge < -0.3 is 24.1 Å². The number of β-amino-alcohol motifs (C(OH)–C–C–N with tert-alkyl or cyclic N) is 1. The second-order valence-corrected chi connectivity index (χ2v) is 14.4. The second kappa shape index (κ2) is 18.2. The summed E-state index contributed by atoms with van der Waals surface area (Å²) in [6.07, 6.45) is 4.91. The molecule has 3 heterocycles. The number of ether oxygens (including phenoxy) is 4. The molecule has 270 valence electrons. The molecule has 1 fully saturated rings. The lowest BCUT2D eigenvalue weighted by atomic mass is 9.72. The SMILES string of the molecule is CC[C@H]1CN2CCc3cc(OC)c(OC)cc3[C@@H]2C[C@@H]1C[C@@H]1c2cc(OC)c(OC)cc2CCN1CC(O)CSCc1ccccc1.Cl.Cl. The average molecular weight is 734 g/mol. The maximum absolute atomic E-state index is 11.4. The fourth-order valence-corrected chi connectivity index (χ4v) is 9.25. The number of hydrogen-bond acceptors (Lipinski definition) is 8. The molecule has 1 saturated heterocycles. The van der Waals surface area contributed by atoms with Crippen molar-refractivity contribution in [2.75, 3.05) is 60.4 Å². The van der Waals surface area contributed by atoms with E-state index in [9.17, 15) is 5.11 Å². The Balaban J connectivity index is 0.00000270. The Bertz CT molecular complexity index is 1500. The highest BCUT2D eigenvalue weighted by molar-refractivity contribution is 7.98. The van der Waals surface area contributed by atoms with E-state index >= 15 is 0 Å². The molecule has 7 nitrogen and oxygen atoms in total. The first-order valence-electron chi connectivity index (χ1n) is 17.2. The number of benzene rings is 3. The fraction of sp³-hybridized carbons (Fsp3) is 0.538. The number of hydrogen-bond donors (Lipinski definition) is 1. The van der Waals surface area contributed by atoms with E-state index in [4.69, 9.17) is 18.9 Å². The van der Waals surface area contributed by atoms with Gasteiger partial charge in [-0.05, 0) is 89.6 Å². The largest absolute Gasteiger partial charge is 0.493 e. The van der Waals surface area contributed by atoms with Gasteiger partial charge in [-0.15, -0.1) is 24.8 Å². The summed E-state index contributed by atoms with van der Waals surface area (Å²) < 4.78 is 23.0. The highest BCUT2D eigenvalue weighted by atomic mass is 35.5. The standard InChI is InChI=1S/C39H52N2O5S.2ClH/c1-6-27-22-40-14-12-28-18-36(43-2)38(45-4)20-32(28)34(40)16-30(27)17-35-33-21-39(46-5)37(44-3)19-29(33)13-15-41(35)23-31(42)25-47-24-26-10-8-7-9-11-26;;/h7-11,18-21,27,30-31,34-35,42H,6,12-17,22-25H2,1-5H3;2*1H/t27-,30+,31?,34-,35+;;/m0../s1. The summed E-state index contributed by atoms with van der Waals surface area (Å²) in [6, 6.07) is 19.9. The second-order valence-electron chi connectivity index (χ2n) is 13.4. The van der Waals surface area contributed by atoms with Crippen molar-refractivity contribution in [3.8, 4) is 23.0 Å². The maximum Gasteiger partial charge on any atom is 0.161 e. The fourth-order valence-electron chi connectivity index (χ4n) is 8.33. The lowest BCUT2D eigenvalue weighted by molar-refractivity contribution is 0.0233. The van der Waals surface area contributed by atoms with Crippen LogP contribution in [0.3, 0.4) is 0 Å². The smallest absolute Gasteiger partial charge is 0.161 e. The van der Waals surface area contributed by atoms with Crippen LogP contribution >= 0.6 is 36.6 Å². The topological polar surface area (TPSA) is 63.6 Å². The molecule has 0 spiro atoms. The monoisotopic (exact) mass is 732 g/mol. The van der Waals surface area contributed by atoms with Crippen LogP contribution in [-0.2, 0) is 18.6 Å². The number of aliphatic hydroxyl groups is 1. The number of aliphatic hydroxyl groups excluding tert-OH is 1. The number of methoxy groups -OCH3 is 4. The zero-order chi connectivity index (χ0) is 32.9. The molecule has 3 aliphatic rings. The molecule has 1 unspecified atom stereocenters. The zero-order valence-electron chi connectivity index (χ0n) is 29.6. The molecular weight excluding hydrogens is 679 g/mol. The van der Waals surface area contributed by atoms with E-state index < -0.39 is 6.10 Å². The Morgan fingerprint density at radius 1 is 0.796 bits per heavy atom. The molecule has 10 heteroatoms. The summed E-state index contributed by atoms with van der Waals surface area (Å²) in [5, 5.41) is 11.4. The van der Waals surface area contributed by atoms with E-state index in [1.165, 1.54) is 27.8 Å². The van der Waals surface area contributed by atoms with Gasteiger partial charge in [-0.3, -0.25) is 9.80 Å². The van der Waals surface area contributed by atoms with Gasteiger partial charge in [-0.2, -0.15) is 11.8 Å². The molecule has 3 aliphatic heterocycles. The molecule has 0 bridgehead atoms. The summed E-state index contributed by atoms with van der Waals surface area (Å²) in [6.45, 7) is 6.14. The summed E-state index contributed by atoms with van der Waals surface area (Å²) in [5.74, 6) is 5.99. The normalized spacial score (nSPS) is 22.3. The molecule has 1 N–H and O–H groups in total. The van der Waals surface area contributed by atoms with Gasteiger partial charge in [0.05, 0.1) is 34.5 Å². The zero-order valence-corrected chi connectivity index (χ0v) is 32.0. The molecule has 0 saturated carbocycles. The van der Waals surface area contributed by atoms with Crippen molar-refractivity contribution in [3.63, 3.8) is 0 Å². The third kappa shape index (κ3) is 8.77. The Morgan fingerprint density at radius 3 is 2.02 bits per heavy atom. The van der Waals surface area contributed by atoms with Gasteiger partial charge in [0.15, 0.2) is 23.0 Å². The van der Waals surface area contributed by atoms with Crippen LogP contribution in [-0.4, -0.2) is 81.4 Å². The van der Waals surface area contributed by atoms with Crippen LogP contribution < -0.4 is 18.9 Å². The van der Waals surface area contributed by atoms with Crippen LogP contribution in [0, 0.1) is 11.8 Å². The van der Waals surface area contributed by atoms with E-state index in [0.717, 1.165) is 86.2 Å². The van der Waals surface area contributed by atoms with Crippen LogP contribution in [0.4, 0.5) is 0 Å². The minimum Gasteiger partial charge on any atom is -0.493 e. The predicted molar refractivity (Wildman–Crippen MR) is 205 cm³/mol. The van der Waals surface area contributed by atoms with E-state index in [2.05, 4.69) is 71.3 Å². The summed E-state index contributed by atoms with van der Waals surface area (Å²) in [5.41, 5.74) is 6.74. The summed E-state index contributed by atoms with van der Waals surface area (Å²) >= 11 is 1.81. The molecule has 3 aromatic carbocycles. The van der Waals surface area contributed by atoms with Gasteiger partial charge in [-0.1, -0.05) is 43.7 Å². The van der Waals surface area contributed by atoms with E-state index in [0.29, 0.717) is 24.4 Å². The van der Waals surface area contributed by atoms with Crippen LogP contribution in [0.1, 0.15) is 66.1 Å². The van der Waals surface area contributed by atoms with Gasteiger partial charge in [-0.25, -0.2) is 0 Å². The van der Waals surface area contributed by atoms with Gasteiger partial charge in [0.2, 0.25) is 0 Å². The maximum atomic E-state index is 11.4. The number of fused-ring (bicyclic) bond motifs is 4. The first-order chi connectivity index (χ1) is 23.0. The van der Waals surface area contributed by atoms with Crippen molar-refractivity contribution in [1.82, 2.24) is 9.80 Å². The lowest BCUT2D eigenvalue weighted by Gasteiger charge is -2.49. The predicted octanol–water partition coefficient (Wildman–Crippen LogP) is 7.79. The Morgan fingerprint density at radius 2 is 1.39 bits per heavy atom. The van der Waals surface area contributed by atoms with Crippen molar-refractivity contribution in [3.05, 3.63) is 82.4 Å². The van der Waals surface area contributed by atoms with Crippen LogP contribution in [0.5, 0.6) is 23.0 Å². The molecular formula is C39H54Cl2N2O5S. The average Bonchev–Trinajstić information content (AvgIpc) is 3.11. The minimum atomic E-state index is -0.399. The first-order valence-corrected chi connectivity index (χ1v) is 18.4. The van der Waals surface area contributed by atoms with Crippen molar-refractivity contribution < 1.29 is 24.1 Å². The van der Waals surface area contributed by atoms with Gasteiger partial charge in [0.1, 0.15) is 0 Å². The number of piperidine rings is 1. The van der Waals surface area contributed by atoms with Gasteiger partial charge in [0, 0.05) is 49.8 Å². The van der Waals surface area contributed by atoms with Crippen LogP contribution in [0.25, 0.3) is 0 Å². The summed E-state index contributed by atoms with van der Waals surface area (Å²) in [7, 11) is 6.89. The highest BCUT2D eigenvalue weighted by Crippen LogP contribution is 2.49. The van der Waals surface area contributed by atoms with Gasteiger partial charge >= 0.3 is 0 Å². The van der Waals surface area contributed by atoms with E-state index in [1.54, 1.807) is 28.4 Å².